The third-order valence-electron chi connectivity index (χ3n) is 4.87. The molecule has 2 aromatic rings. The summed E-state index contributed by atoms with van der Waals surface area (Å²) in [5.74, 6) is -1.12. The molecule has 5 nitrogen and oxygen atoms in total. The standard InChI is InChI=1S/C19H17F2IN2O3S/c20-12-9-16(23-15-4-3-13(22)11-14(15)21)18-17(10-12)27-8-2-1-5-19(6-7-19)28(25,26)24-18/h1-4,9-11,23-24H,5-8H2/b2-1+. The first-order chi connectivity index (χ1) is 13.3. The zero-order valence-corrected chi connectivity index (χ0v) is 17.6. The highest BCUT2D eigenvalue weighted by Gasteiger charge is 2.54. The largest absolute Gasteiger partial charge is 0.487 e. The van der Waals surface area contributed by atoms with E-state index in [9.17, 15) is 17.2 Å². The van der Waals surface area contributed by atoms with Crippen LogP contribution in [0.3, 0.4) is 0 Å². The number of halogens is 3. The van der Waals surface area contributed by atoms with Crippen LogP contribution in [-0.2, 0) is 10.0 Å². The first-order valence-corrected chi connectivity index (χ1v) is 11.2. The number of nitrogens with one attached hydrogen (secondary N) is 2. The van der Waals surface area contributed by atoms with Gasteiger partial charge in [0.15, 0.2) is 0 Å². The van der Waals surface area contributed by atoms with E-state index >= 15 is 0 Å². The summed E-state index contributed by atoms with van der Waals surface area (Å²) in [7, 11) is -3.75. The van der Waals surface area contributed by atoms with Gasteiger partial charge in [0.2, 0.25) is 10.0 Å². The van der Waals surface area contributed by atoms with Gasteiger partial charge in [-0.15, -0.1) is 0 Å². The van der Waals surface area contributed by atoms with E-state index in [0.717, 1.165) is 12.1 Å². The molecule has 1 aliphatic carbocycles. The molecule has 1 saturated carbocycles. The predicted molar refractivity (Wildman–Crippen MR) is 113 cm³/mol. The fourth-order valence-electron chi connectivity index (χ4n) is 3.10. The molecule has 0 saturated heterocycles. The summed E-state index contributed by atoms with van der Waals surface area (Å²) in [5, 5.41) is 2.79. The van der Waals surface area contributed by atoms with Crippen molar-refractivity contribution < 1.29 is 21.9 Å². The van der Waals surface area contributed by atoms with Crippen molar-refractivity contribution in [2.45, 2.75) is 24.0 Å². The molecule has 2 aromatic carbocycles. The minimum absolute atomic E-state index is 0.0411. The molecule has 9 heteroatoms. The highest BCUT2D eigenvalue weighted by atomic mass is 127. The van der Waals surface area contributed by atoms with Gasteiger partial charge in [-0.2, -0.15) is 0 Å². The maximum absolute atomic E-state index is 14.3. The Bertz CT molecular complexity index is 1070. The molecular formula is C19H17F2IN2O3S. The van der Waals surface area contributed by atoms with E-state index in [-0.39, 0.29) is 29.4 Å². The van der Waals surface area contributed by atoms with Crippen molar-refractivity contribution in [2.75, 3.05) is 16.6 Å². The maximum atomic E-state index is 14.3. The van der Waals surface area contributed by atoms with Crippen LogP contribution >= 0.6 is 22.6 Å². The van der Waals surface area contributed by atoms with Crippen molar-refractivity contribution in [1.82, 2.24) is 0 Å². The zero-order chi connectivity index (χ0) is 19.9. The maximum Gasteiger partial charge on any atom is 0.238 e. The molecule has 0 bridgehead atoms. The molecule has 1 spiro atoms. The van der Waals surface area contributed by atoms with Crippen LogP contribution in [-0.4, -0.2) is 19.8 Å². The van der Waals surface area contributed by atoms with Gasteiger partial charge in [-0.1, -0.05) is 12.2 Å². The van der Waals surface area contributed by atoms with Gasteiger partial charge in [-0.25, -0.2) is 17.2 Å². The Balaban J connectivity index is 1.80. The second-order valence-electron chi connectivity index (χ2n) is 6.85. The van der Waals surface area contributed by atoms with Crippen LogP contribution in [0.15, 0.2) is 42.5 Å². The minimum atomic E-state index is -3.75. The highest BCUT2D eigenvalue weighted by molar-refractivity contribution is 14.1. The molecule has 0 aromatic heterocycles. The quantitative estimate of drug-likeness (QED) is 0.438. The number of benzene rings is 2. The van der Waals surface area contributed by atoms with Crippen molar-refractivity contribution in [3.63, 3.8) is 0 Å². The molecule has 1 heterocycles. The van der Waals surface area contributed by atoms with Crippen molar-refractivity contribution in [3.8, 4) is 5.75 Å². The van der Waals surface area contributed by atoms with E-state index in [1.165, 1.54) is 12.1 Å². The van der Waals surface area contributed by atoms with Gasteiger partial charge in [-0.3, -0.25) is 4.72 Å². The fraction of sp³-hybridized carbons (Fsp3) is 0.263. The lowest BCUT2D eigenvalue weighted by Gasteiger charge is -2.22. The first-order valence-electron chi connectivity index (χ1n) is 8.65. The summed E-state index contributed by atoms with van der Waals surface area (Å²) in [6.07, 6.45) is 4.99. The molecule has 0 atom stereocenters. The van der Waals surface area contributed by atoms with Gasteiger partial charge >= 0.3 is 0 Å². The van der Waals surface area contributed by atoms with E-state index in [4.69, 9.17) is 4.74 Å². The summed E-state index contributed by atoms with van der Waals surface area (Å²) in [6, 6.07) is 6.75. The average Bonchev–Trinajstić information content (AvgIpc) is 3.41. The number of fused-ring (bicyclic) bond motifs is 1. The molecule has 0 radical (unpaired) electrons. The van der Waals surface area contributed by atoms with Gasteiger partial charge in [-0.05, 0) is 66.1 Å². The number of sulfonamides is 1. The summed E-state index contributed by atoms with van der Waals surface area (Å²) >= 11 is 1.98. The van der Waals surface area contributed by atoms with Crippen molar-refractivity contribution in [3.05, 3.63) is 57.7 Å². The van der Waals surface area contributed by atoms with Crippen LogP contribution in [0.1, 0.15) is 19.3 Å². The number of anilines is 3. The molecule has 2 aliphatic rings. The molecule has 1 aliphatic heterocycles. The summed E-state index contributed by atoms with van der Waals surface area (Å²) in [6.45, 7) is 0.172. The van der Waals surface area contributed by atoms with Crippen LogP contribution in [0.5, 0.6) is 5.75 Å². The van der Waals surface area contributed by atoms with Gasteiger partial charge < -0.3 is 10.1 Å². The molecule has 1 fully saturated rings. The first kappa shape index (κ1) is 19.4. The Hall–Kier alpha value is -1.88. The lowest BCUT2D eigenvalue weighted by molar-refractivity contribution is 0.362. The van der Waals surface area contributed by atoms with Gasteiger partial charge in [0.05, 0.1) is 16.1 Å². The van der Waals surface area contributed by atoms with Crippen LogP contribution in [0.2, 0.25) is 0 Å². The number of rotatable bonds is 2. The molecule has 148 valence electrons. The molecule has 2 N–H and O–H groups in total. The lowest BCUT2D eigenvalue weighted by Crippen LogP contribution is -2.30. The highest BCUT2D eigenvalue weighted by Crippen LogP contribution is 2.49. The molecule has 28 heavy (non-hydrogen) atoms. The third kappa shape index (κ3) is 3.69. The van der Waals surface area contributed by atoms with Gasteiger partial charge in [0.1, 0.15) is 29.7 Å². The average molecular weight is 518 g/mol. The summed E-state index contributed by atoms with van der Waals surface area (Å²) < 4.78 is 62.4. The Kier molecular flexibility index (Phi) is 4.98. The molecule has 0 unspecified atom stereocenters. The van der Waals surface area contributed by atoms with E-state index < -0.39 is 26.4 Å². The lowest BCUT2D eigenvalue weighted by atomic mass is 10.2. The smallest absolute Gasteiger partial charge is 0.238 e. The Morgan fingerprint density at radius 1 is 1.11 bits per heavy atom. The van der Waals surface area contributed by atoms with Crippen LogP contribution in [0.25, 0.3) is 0 Å². The monoisotopic (exact) mass is 518 g/mol. The number of allylic oxidation sites excluding steroid dienone is 1. The van der Waals surface area contributed by atoms with E-state index in [1.54, 1.807) is 18.2 Å². The van der Waals surface area contributed by atoms with Crippen molar-refractivity contribution in [2.24, 2.45) is 0 Å². The third-order valence-corrected chi connectivity index (χ3v) is 7.73. The van der Waals surface area contributed by atoms with Crippen LogP contribution in [0.4, 0.5) is 25.8 Å². The molecule has 4 rings (SSSR count). The summed E-state index contributed by atoms with van der Waals surface area (Å²) in [5.41, 5.74) is 0.255. The van der Waals surface area contributed by atoms with Gasteiger partial charge in [0, 0.05) is 9.64 Å². The SMILES string of the molecule is O=S1(=O)Nc2c(Nc3ccc(I)cc3F)cc(F)cc2OC/C=C/CC12CC2. The van der Waals surface area contributed by atoms with E-state index in [1.807, 2.05) is 22.6 Å². The fourth-order valence-corrected chi connectivity index (χ4v) is 5.21. The Morgan fingerprint density at radius 3 is 2.61 bits per heavy atom. The normalized spacial score (nSPS) is 20.4. The van der Waals surface area contributed by atoms with E-state index in [0.29, 0.717) is 22.8 Å². The second kappa shape index (κ2) is 7.18. The topological polar surface area (TPSA) is 67.4 Å². The zero-order valence-electron chi connectivity index (χ0n) is 14.6. The number of hydrogen-bond acceptors (Lipinski definition) is 4. The van der Waals surface area contributed by atoms with Crippen molar-refractivity contribution in [1.29, 1.82) is 0 Å². The number of hydrogen-bond donors (Lipinski definition) is 2. The van der Waals surface area contributed by atoms with Crippen molar-refractivity contribution >= 4 is 49.7 Å². The van der Waals surface area contributed by atoms with Gasteiger partial charge in [0.25, 0.3) is 0 Å². The summed E-state index contributed by atoms with van der Waals surface area (Å²) in [4.78, 5) is 0. The Labute approximate surface area is 175 Å². The molecule has 0 amide bonds. The van der Waals surface area contributed by atoms with Crippen LogP contribution < -0.4 is 14.8 Å². The predicted octanol–water partition coefficient (Wildman–Crippen LogP) is 4.93. The molecular weight excluding hydrogens is 501 g/mol. The minimum Gasteiger partial charge on any atom is -0.487 e. The Morgan fingerprint density at radius 2 is 1.89 bits per heavy atom. The number of ether oxygens (including phenoxy) is 1. The van der Waals surface area contributed by atoms with Crippen LogP contribution in [0, 0.1) is 15.2 Å². The second-order valence-corrected chi connectivity index (χ2v) is 10.2. The van der Waals surface area contributed by atoms with E-state index in [2.05, 4.69) is 10.0 Å².